The van der Waals surface area contributed by atoms with Crippen molar-refractivity contribution in [1.82, 2.24) is 14.3 Å². The van der Waals surface area contributed by atoms with Crippen molar-refractivity contribution in [3.05, 3.63) is 36.3 Å². The minimum absolute atomic E-state index is 0.0408. The van der Waals surface area contributed by atoms with Crippen LogP contribution in [0.5, 0.6) is 0 Å². The van der Waals surface area contributed by atoms with Crippen LogP contribution >= 0.6 is 11.3 Å². The molecule has 0 saturated carbocycles. The molecule has 1 aliphatic heterocycles. The van der Waals surface area contributed by atoms with Crippen LogP contribution in [-0.4, -0.2) is 54.0 Å². The van der Waals surface area contributed by atoms with E-state index < -0.39 is 8.32 Å². The Bertz CT molecular complexity index is 839. The third kappa shape index (κ3) is 4.34. The summed E-state index contributed by atoms with van der Waals surface area (Å²) in [5.41, 5.74) is 1.16. The van der Waals surface area contributed by atoms with Gasteiger partial charge in [-0.15, -0.1) is 11.3 Å². The number of imidazole rings is 1. The first-order valence-corrected chi connectivity index (χ1v) is 13.5. The molecule has 0 aromatic carbocycles. The highest BCUT2D eigenvalue weighted by molar-refractivity contribution is 7.15. The molecule has 0 radical (unpaired) electrons. The van der Waals surface area contributed by atoms with Crippen molar-refractivity contribution in [1.29, 1.82) is 0 Å². The summed E-state index contributed by atoms with van der Waals surface area (Å²) < 4.78 is 14.1. The Morgan fingerprint density at radius 3 is 2.89 bits per heavy atom. The first-order chi connectivity index (χ1) is 13.1. The number of carbonyl (C=O) groups excluding carboxylic acids is 1. The number of carbonyl (C=O) groups is 1. The molecule has 2 aromatic heterocycles. The number of hydrogen-bond acceptors (Lipinski definition) is 5. The summed E-state index contributed by atoms with van der Waals surface area (Å²) in [6.07, 6.45) is 6.63. The number of rotatable bonds is 6. The molecule has 2 atom stereocenters. The molecular formula is C20H31N3O3SSi. The number of amides is 1. The minimum Gasteiger partial charge on any atom is -0.445 e. The molecule has 8 heteroatoms. The zero-order valence-corrected chi connectivity index (χ0v) is 19.3. The highest BCUT2D eigenvalue weighted by Crippen LogP contribution is 2.39. The lowest BCUT2D eigenvalue weighted by atomic mass is 10.1. The van der Waals surface area contributed by atoms with Crippen molar-refractivity contribution in [2.75, 3.05) is 13.2 Å². The fourth-order valence-corrected chi connectivity index (χ4v) is 5.57. The Kier molecular flexibility index (Phi) is 6.02. The van der Waals surface area contributed by atoms with Gasteiger partial charge in [-0.2, -0.15) is 0 Å². The van der Waals surface area contributed by atoms with Gasteiger partial charge in [-0.05, 0) is 24.6 Å². The zero-order chi connectivity index (χ0) is 20.5. The monoisotopic (exact) mass is 421 g/mol. The van der Waals surface area contributed by atoms with E-state index in [9.17, 15) is 4.79 Å². The molecule has 6 nitrogen and oxygen atoms in total. The topological polar surface area (TPSA) is 56.1 Å². The van der Waals surface area contributed by atoms with Crippen molar-refractivity contribution in [3.63, 3.8) is 0 Å². The molecular weight excluding hydrogens is 390 g/mol. The van der Waals surface area contributed by atoms with E-state index in [0.717, 1.165) is 23.4 Å². The van der Waals surface area contributed by atoms with Crippen molar-refractivity contribution in [2.24, 2.45) is 0 Å². The van der Waals surface area contributed by atoms with E-state index in [4.69, 9.17) is 9.16 Å². The molecule has 28 heavy (non-hydrogen) atoms. The summed E-state index contributed by atoms with van der Waals surface area (Å²) in [7, 11) is -1.91. The maximum absolute atomic E-state index is 12.7. The van der Waals surface area contributed by atoms with Gasteiger partial charge in [0.25, 0.3) is 0 Å². The van der Waals surface area contributed by atoms with Gasteiger partial charge in [0.1, 0.15) is 17.8 Å². The molecule has 154 valence electrons. The molecule has 1 saturated heterocycles. The Labute approximate surface area is 172 Å². The summed E-state index contributed by atoms with van der Waals surface area (Å²) >= 11 is 1.67. The molecule has 0 N–H and O–H groups in total. The molecule has 1 amide bonds. The van der Waals surface area contributed by atoms with Crippen LogP contribution in [0, 0.1) is 0 Å². The van der Waals surface area contributed by atoms with E-state index >= 15 is 0 Å². The van der Waals surface area contributed by atoms with E-state index in [1.54, 1.807) is 17.4 Å². The van der Waals surface area contributed by atoms with Crippen molar-refractivity contribution in [3.8, 4) is 0 Å². The van der Waals surface area contributed by atoms with E-state index in [0.29, 0.717) is 6.54 Å². The number of aromatic nitrogens is 2. The Morgan fingerprint density at radius 1 is 1.46 bits per heavy atom. The molecule has 2 aromatic rings. The van der Waals surface area contributed by atoms with Crippen LogP contribution in [-0.2, 0) is 15.6 Å². The summed E-state index contributed by atoms with van der Waals surface area (Å²) in [4.78, 5) is 19.8. The van der Waals surface area contributed by atoms with Crippen molar-refractivity contribution in [2.45, 2.75) is 63.9 Å². The fourth-order valence-electron chi connectivity index (χ4n) is 3.34. The van der Waals surface area contributed by atoms with Gasteiger partial charge in [0.05, 0.1) is 12.3 Å². The second-order valence-corrected chi connectivity index (χ2v) is 14.6. The summed E-state index contributed by atoms with van der Waals surface area (Å²) in [5, 5.41) is 2.28. The second-order valence-electron chi connectivity index (χ2n) is 8.94. The lowest BCUT2D eigenvalue weighted by Crippen LogP contribution is -2.44. The summed E-state index contributed by atoms with van der Waals surface area (Å²) in [6, 6.07) is 0.0484. The predicted molar refractivity (Wildman–Crippen MR) is 115 cm³/mol. The van der Waals surface area contributed by atoms with E-state index in [-0.39, 0.29) is 29.9 Å². The van der Waals surface area contributed by atoms with Gasteiger partial charge in [-0.1, -0.05) is 33.4 Å². The largest absolute Gasteiger partial charge is 0.445 e. The Hall–Kier alpha value is -1.64. The normalized spacial score (nSPS) is 20.7. The first-order valence-electron chi connectivity index (χ1n) is 9.73. The van der Waals surface area contributed by atoms with Gasteiger partial charge in [0.2, 0.25) is 0 Å². The average Bonchev–Trinajstić information content (AvgIpc) is 3.29. The molecule has 1 fully saturated rings. The lowest BCUT2D eigenvalue weighted by molar-refractivity contribution is 0.103. The van der Waals surface area contributed by atoms with Gasteiger partial charge >= 0.3 is 6.09 Å². The maximum atomic E-state index is 12.7. The summed E-state index contributed by atoms with van der Waals surface area (Å²) in [5.74, 6) is 0. The Morgan fingerprint density at radius 2 is 2.21 bits per heavy atom. The number of thiazole rings is 1. The molecule has 1 aliphatic rings. The van der Waals surface area contributed by atoms with Crippen molar-refractivity contribution < 1.29 is 14.0 Å². The smallest absolute Gasteiger partial charge is 0.410 e. The van der Waals surface area contributed by atoms with Crippen LogP contribution in [0.15, 0.2) is 30.6 Å². The average molecular weight is 422 g/mol. The molecule has 0 spiro atoms. The fraction of sp³-hybridized carbons (Fsp3) is 0.600. The SMILES string of the molecule is C=CCOC(=O)N1CC(O[Si](C)(C)C(C)(C)C)CC1Cc1csc2cncn12. The predicted octanol–water partition coefficient (Wildman–Crippen LogP) is 4.73. The van der Waals surface area contributed by atoms with Crippen LogP contribution < -0.4 is 0 Å². The van der Waals surface area contributed by atoms with E-state index in [1.165, 1.54) is 0 Å². The molecule has 0 aliphatic carbocycles. The molecule has 0 bridgehead atoms. The quantitative estimate of drug-likeness (QED) is 0.500. The second kappa shape index (κ2) is 8.00. The number of likely N-dealkylation sites (tertiary alicyclic amines) is 1. The minimum atomic E-state index is -1.91. The molecule has 3 heterocycles. The maximum Gasteiger partial charge on any atom is 0.410 e. The highest BCUT2D eigenvalue weighted by Gasteiger charge is 2.44. The third-order valence-electron chi connectivity index (χ3n) is 5.88. The van der Waals surface area contributed by atoms with E-state index in [2.05, 4.69) is 55.2 Å². The van der Waals surface area contributed by atoms with Crippen LogP contribution in [0.4, 0.5) is 4.79 Å². The van der Waals surface area contributed by atoms with Crippen LogP contribution in [0.1, 0.15) is 32.9 Å². The van der Waals surface area contributed by atoms with Gasteiger partial charge in [-0.25, -0.2) is 9.78 Å². The van der Waals surface area contributed by atoms with Gasteiger partial charge in [-0.3, -0.25) is 4.40 Å². The van der Waals surface area contributed by atoms with Gasteiger partial charge in [0.15, 0.2) is 8.32 Å². The molecule has 3 rings (SSSR count). The van der Waals surface area contributed by atoms with Crippen LogP contribution in [0.25, 0.3) is 4.83 Å². The molecule has 2 unspecified atom stereocenters. The number of nitrogens with zero attached hydrogens (tertiary/aromatic N) is 3. The zero-order valence-electron chi connectivity index (χ0n) is 17.5. The van der Waals surface area contributed by atoms with Crippen LogP contribution in [0.2, 0.25) is 18.1 Å². The van der Waals surface area contributed by atoms with Crippen molar-refractivity contribution >= 4 is 30.6 Å². The summed E-state index contributed by atoms with van der Waals surface area (Å²) in [6.45, 7) is 15.7. The number of hydrogen-bond donors (Lipinski definition) is 0. The highest BCUT2D eigenvalue weighted by atomic mass is 32.1. The van der Waals surface area contributed by atoms with E-state index in [1.807, 2.05) is 17.4 Å². The lowest BCUT2D eigenvalue weighted by Gasteiger charge is -2.38. The number of fused-ring (bicyclic) bond motifs is 1. The standard InChI is InChI=1S/C20H31N3O3SSi/c1-7-8-25-19(24)22-12-17(26-28(5,6)20(2,3)4)10-15(22)9-16-13-27-18-11-21-14-23(16)18/h7,11,13-15,17H,1,8-10,12H2,2-6H3. The van der Waals surface area contributed by atoms with Crippen LogP contribution in [0.3, 0.4) is 0 Å². The Balaban J connectivity index is 1.77. The van der Waals surface area contributed by atoms with Gasteiger partial charge in [0, 0.05) is 30.1 Å². The van der Waals surface area contributed by atoms with Gasteiger partial charge < -0.3 is 14.1 Å². The first kappa shape index (κ1) is 21.1. The third-order valence-corrected chi connectivity index (χ3v) is 11.3. The number of ether oxygens (including phenoxy) is 1.